The number of rotatable bonds is 85. The van der Waals surface area contributed by atoms with Gasteiger partial charge in [-0.2, -0.15) is 0 Å². The van der Waals surface area contributed by atoms with Crippen molar-refractivity contribution in [2.24, 2.45) is 91.7 Å². The highest BCUT2D eigenvalue weighted by Gasteiger charge is 2.34. The number of hydrogen-bond donors (Lipinski definition) is 31. The van der Waals surface area contributed by atoms with Gasteiger partial charge in [0.2, 0.25) is 82.7 Å². The van der Waals surface area contributed by atoms with Crippen molar-refractivity contribution in [3.05, 3.63) is 71.8 Å². The first kappa shape index (κ1) is 126. The van der Waals surface area contributed by atoms with E-state index in [4.69, 9.17) is 91.7 Å². The van der Waals surface area contributed by atoms with Gasteiger partial charge in [-0.15, -0.1) is 0 Å². The molecule has 14 amide bonds. The van der Waals surface area contributed by atoms with E-state index >= 15 is 14.4 Å². The van der Waals surface area contributed by atoms with Gasteiger partial charge in [0.1, 0.15) is 42.3 Å². The number of hydrogen-bond acceptors (Lipinski definition) is 39. The van der Waals surface area contributed by atoms with Crippen LogP contribution in [-0.2, 0) is 67.1 Å². The Balaban J connectivity index is 2.80. The van der Waals surface area contributed by atoms with Crippen molar-refractivity contribution in [2.45, 2.75) is 183 Å². The van der Waals surface area contributed by atoms with Crippen LogP contribution in [-0.4, -0.2) is 376 Å². The van der Waals surface area contributed by atoms with Crippen molar-refractivity contribution < 1.29 is 67.1 Å². The highest BCUT2D eigenvalue weighted by atomic mass is 16.2. The number of benzene rings is 2. The number of nitrogens with zero attached hydrogens (tertiary/aromatic N) is 8. The van der Waals surface area contributed by atoms with Gasteiger partial charge in [0.25, 0.3) is 0 Å². The summed E-state index contributed by atoms with van der Waals surface area (Å²) in [7, 11) is 0. The molecule has 798 valence electrons. The second-order valence-corrected chi connectivity index (χ2v) is 33.7. The summed E-state index contributed by atoms with van der Waals surface area (Å²) in [5.41, 5.74) is 93.9. The van der Waals surface area contributed by atoms with Crippen LogP contribution in [0.4, 0.5) is 0 Å². The predicted octanol–water partition coefficient (Wildman–Crippen LogP) is -13.2. The van der Waals surface area contributed by atoms with E-state index in [2.05, 4.69) is 79.8 Å². The van der Waals surface area contributed by atoms with Crippen LogP contribution in [0, 0.1) is 0 Å². The van der Waals surface area contributed by atoms with E-state index in [9.17, 15) is 52.7 Å². The maximum Gasteiger partial charge on any atom is 0.243 e. The van der Waals surface area contributed by atoms with Crippen LogP contribution in [0.15, 0.2) is 60.7 Å². The van der Waals surface area contributed by atoms with Gasteiger partial charge in [0, 0.05) is 159 Å². The molecule has 0 aliphatic heterocycles. The third-order valence-electron chi connectivity index (χ3n) is 22.8. The van der Waals surface area contributed by atoms with Crippen LogP contribution in [0.2, 0.25) is 0 Å². The monoisotopic (exact) mass is 1990 g/mol. The lowest BCUT2D eigenvalue weighted by atomic mass is 9.97. The average molecular weight is 1990 g/mol. The smallest absolute Gasteiger partial charge is 0.243 e. The second kappa shape index (κ2) is 78.6. The van der Waals surface area contributed by atoms with E-state index in [0.717, 1.165) is 0 Å². The summed E-state index contributed by atoms with van der Waals surface area (Å²) in [5, 5.41) is 43.4. The zero-order valence-electron chi connectivity index (χ0n) is 81.9. The highest BCUT2D eigenvalue weighted by Crippen LogP contribution is 2.23. The summed E-state index contributed by atoms with van der Waals surface area (Å²) < 4.78 is 0. The van der Waals surface area contributed by atoms with Crippen LogP contribution in [0.3, 0.4) is 0 Å². The maximum absolute atomic E-state index is 15.5. The SMILES string of the molecule is NCN(CN)CCNCCCCC(NC(=O)CN(CN)CN)C(=O)NC(CCCCNC(=O)C(CCCCNC(=O)CN(CN)CN)NC(=O)CN(CN)CN)C(=O)NC(CCCCNC(=O)C(CCCCNC(=O)C(CCCCNC(=O)CN(CN)CN)NC(=O)CN(CN)CN)NC(=O)C(CCCCNC(=O)CN(CN)CN)NC(=O)CN(CN)CN)C(=O)NC(c1ccccc1)c1ccccc1. The normalized spacial score (nSPS) is 13.0. The van der Waals surface area contributed by atoms with Crippen molar-refractivity contribution in [2.75, 3.05) is 211 Å². The van der Waals surface area contributed by atoms with Crippen molar-refractivity contribution in [3.8, 4) is 0 Å². The first-order valence-electron chi connectivity index (χ1n) is 48.4. The minimum Gasteiger partial charge on any atom is -0.355 e. The molecule has 0 radical (unpaired) electrons. The van der Waals surface area contributed by atoms with Crippen molar-refractivity contribution >= 4 is 82.7 Å². The van der Waals surface area contributed by atoms with Gasteiger partial charge in [0.05, 0.1) is 51.9 Å². The van der Waals surface area contributed by atoms with Gasteiger partial charge in [-0.1, -0.05) is 60.7 Å². The summed E-state index contributed by atoms with van der Waals surface area (Å²) in [6, 6.07) is 8.74. The Morgan fingerprint density at radius 1 is 0.200 bits per heavy atom. The first-order valence-corrected chi connectivity index (χ1v) is 48.4. The lowest BCUT2D eigenvalue weighted by Crippen LogP contribution is -2.57. The molecule has 0 aromatic heterocycles. The molecular formula is C87H171N39O14. The molecule has 0 bridgehead atoms. The van der Waals surface area contributed by atoms with E-state index in [1.165, 1.54) is 34.3 Å². The fourth-order valence-corrected chi connectivity index (χ4v) is 14.3. The Hall–Kier alpha value is -9.98. The largest absolute Gasteiger partial charge is 0.355 e. The summed E-state index contributed by atoms with van der Waals surface area (Å²) in [4.78, 5) is 208. The summed E-state index contributed by atoms with van der Waals surface area (Å²) in [6.07, 6.45) is 4.49. The molecule has 53 nitrogen and oxygen atoms in total. The number of unbranched alkanes of at least 4 members (excludes halogenated alkanes) is 7. The number of amides is 14. The molecule has 0 heterocycles. The molecule has 7 unspecified atom stereocenters. The molecule has 140 heavy (non-hydrogen) atoms. The molecule has 0 fully saturated rings. The van der Waals surface area contributed by atoms with Crippen LogP contribution >= 0.6 is 0 Å². The summed E-state index contributed by atoms with van der Waals surface area (Å²) in [5.74, 6) is -7.91. The summed E-state index contributed by atoms with van der Waals surface area (Å²) >= 11 is 0. The Bertz CT molecular complexity index is 3740. The number of nitrogens with two attached hydrogens (primary N) is 16. The fraction of sp³-hybridized carbons (Fsp3) is 0.701. The zero-order valence-corrected chi connectivity index (χ0v) is 81.9. The Kier molecular flexibility index (Phi) is 70.8. The van der Waals surface area contributed by atoms with Gasteiger partial charge in [-0.3, -0.25) is 106 Å². The number of carbonyl (C=O) groups is 14. The minimum absolute atomic E-state index is 0.00582. The van der Waals surface area contributed by atoms with Crippen LogP contribution in [0.5, 0.6) is 0 Å². The molecule has 53 heteroatoms. The van der Waals surface area contributed by atoms with Gasteiger partial charge >= 0.3 is 0 Å². The molecule has 0 aliphatic rings. The van der Waals surface area contributed by atoms with E-state index in [1.807, 2.05) is 65.6 Å². The quantitative estimate of drug-likeness (QED) is 0.0216. The number of carbonyl (C=O) groups excluding carboxylic acids is 14. The van der Waals surface area contributed by atoms with Crippen molar-refractivity contribution in [3.63, 3.8) is 0 Å². The fourth-order valence-electron chi connectivity index (χ4n) is 14.3. The molecule has 0 spiro atoms. The molecule has 47 N–H and O–H groups in total. The molecule has 2 aromatic rings. The standard InChI is InChI=1S/C87H171N39O14/c88-48-119(49-89)40-39-104-32-14-7-28-69(113-78(132)46-125(60-100)61-101)85(138)116-71(30-12-19-37-109-82(135)67(112-77(131)45-124(58-98)59-99)26-9-16-34-106-74(128)42-121(52-92)53-93)86(139)117-72(87(140)118-80(64-21-3-1-4-22-64)65-23-5-2-6-24-65)31-13-20-38-110-83(136)68(115-84(137)70(114-79(133)47-126(62-102)63-103)29-10-17-35-107-75(129)43-122(54-94)55-95)27-11-18-36-108-81(134)66(111-76(130)44-123(56-96)57-97)25-8-15-33-105-73(127)41-120(50-90)51-91/h1-6,21-24,66-72,80,104H,7-20,25-63,88-103H2,(H,105,127)(H,106,128)(H,107,129)(H,108,134)(H,109,135)(H,110,136)(H,111,130)(H,112,131)(H,113,132)(H,114,133)(H,115,137)(H,116,138)(H,117,139)(H,118,140). The second-order valence-electron chi connectivity index (χ2n) is 33.7. The number of nitrogens with one attached hydrogen (secondary N) is 15. The van der Waals surface area contributed by atoms with Crippen molar-refractivity contribution in [1.82, 2.24) is 119 Å². The van der Waals surface area contributed by atoms with Gasteiger partial charge < -0.3 is 171 Å². The van der Waals surface area contributed by atoms with Crippen LogP contribution in [0.25, 0.3) is 0 Å². The van der Waals surface area contributed by atoms with Crippen LogP contribution in [0.1, 0.15) is 152 Å². The first-order chi connectivity index (χ1) is 67.5. The van der Waals surface area contributed by atoms with E-state index in [0.29, 0.717) is 75.7 Å². The lowest BCUT2D eigenvalue weighted by Gasteiger charge is -2.28. The van der Waals surface area contributed by atoms with Gasteiger partial charge in [0.15, 0.2) is 0 Å². The van der Waals surface area contributed by atoms with Gasteiger partial charge in [-0.25, -0.2) is 0 Å². The minimum atomic E-state index is -1.43. The third kappa shape index (κ3) is 56.0. The molecule has 0 saturated heterocycles. The molecule has 2 aromatic carbocycles. The predicted molar refractivity (Wildman–Crippen MR) is 533 cm³/mol. The maximum atomic E-state index is 15.5. The summed E-state index contributed by atoms with van der Waals surface area (Å²) in [6.45, 7) is 1.58. The Morgan fingerprint density at radius 3 is 0.629 bits per heavy atom. The molecular weight excluding hydrogens is 1820 g/mol. The average Bonchev–Trinajstić information content (AvgIpc) is 0.832. The zero-order chi connectivity index (χ0) is 104. The lowest BCUT2D eigenvalue weighted by molar-refractivity contribution is -0.134. The molecule has 2 rings (SSSR count). The highest BCUT2D eigenvalue weighted by molar-refractivity contribution is 5.96. The van der Waals surface area contributed by atoms with Gasteiger partial charge in [-0.05, 0) is 153 Å². The Labute approximate surface area is 823 Å². The molecule has 0 aliphatic carbocycles. The van der Waals surface area contributed by atoms with Crippen molar-refractivity contribution in [1.29, 1.82) is 0 Å². The van der Waals surface area contributed by atoms with Crippen LogP contribution < -0.4 is 171 Å². The van der Waals surface area contributed by atoms with E-state index in [1.54, 1.807) is 0 Å². The van der Waals surface area contributed by atoms with E-state index < -0.39 is 113 Å². The topological polar surface area (TPSA) is 862 Å². The molecule has 0 saturated carbocycles. The Morgan fingerprint density at radius 2 is 0.393 bits per heavy atom. The molecule has 7 atom stereocenters. The van der Waals surface area contributed by atoms with E-state index in [-0.39, 0.29) is 299 Å². The third-order valence-corrected chi connectivity index (χ3v) is 22.8.